The van der Waals surface area contributed by atoms with Crippen LogP contribution in [0.1, 0.15) is 24.2 Å². The van der Waals surface area contributed by atoms with Crippen LogP contribution in [0.25, 0.3) is 17.4 Å². The molecule has 0 unspecified atom stereocenters. The predicted octanol–water partition coefficient (Wildman–Crippen LogP) is 4.50. The van der Waals surface area contributed by atoms with Gasteiger partial charge in [0, 0.05) is 30.1 Å². The second-order valence-electron chi connectivity index (χ2n) is 6.52. The summed E-state index contributed by atoms with van der Waals surface area (Å²) in [6.45, 7) is 0.807. The summed E-state index contributed by atoms with van der Waals surface area (Å²) in [6, 6.07) is 14.0. The first kappa shape index (κ1) is 23.8. The van der Waals surface area contributed by atoms with E-state index in [9.17, 15) is 8.42 Å². The van der Waals surface area contributed by atoms with Crippen molar-refractivity contribution in [1.29, 1.82) is 0 Å². The van der Waals surface area contributed by atoms with Crippen LogP contribution in [0.2, 0.25) is 0 Å². The van der Waals surface area contributed by atoms with Crippen LogP contribution < -0.4 is 5.14 Å². The van der Waals surface area contributed by atoms with E-state index in [0.717, 1.165) is 47.6 Å². The van der Waals surface area contributed by atoms with E-state index in [2.05, 4.69) is 9.98 Å². The number of benzene rings is 1. The fourth-order valence-electron chi connectivity index (χ4n) is 3.17. The van der Waals surface area contributed by atoms with Crippen molar-refractivity contribution in [3.05, 3.63) is 77.8 Å². The van der Waals surface area contributed by atoms with Crippen molar-refractivity contribution in [1.82, 2.24) is 4.98 Å². The van der Waals surface area contributed by atoms with Gasteiger partial charge in [0.15, 0.2) is 0 Å². The van der Waals surface area contributed by atoms with Gasteiger partial charge in [-0.2, -0.15) is 0 Å². The number of sulfonamides is 1. The third kappa shape index (κ3) is 5.37. The van der Waals surface area contributed by atoms with Crippen LogP contribution in [0.3, 0.4) is 0 Å². The Morgan fingerprint density at radius 3 is 2.43 bits per heavy atom. The Labute approximate surface area is 187 Å². The number of nitrogens with zero attached hydrogens (tertiary/aromatic N) is 2. The fourth-order valence-corrected chi connectivity index (χ4v) is 3.68. The molecule has 30 heavy (non-hydrogen) atoms. The van der Waals surface area contributed by atoms with Crippen LogP contribution in [-0.2, 0) is 10.0 Å². The summed E-state index contributed by atoms with van der Waals surface area (Å²) < 4.78 is 28.7. The molecule has 4 rings (SSSR count). The number of rotatable bonds is 4. The van der Waals surface area contributed by atoms with Crippen molar-refractivity contribution in [3.8, 4) is 11.3 Å². The average molecular weight is 466 g/mol. The summed E-state index contributed by atoms with van der Waals surface area (Å²) in [7, 11) is -3.71. The lowest BCUT2D eigenvalue weighted by molar-refractivity contribution is 0.571. The molecule has 0 fully saturated rings. The normalized spacial score (nSPS) is 15.1. The molecule has 0 amide bonds. The molecular formula is C21H21Cl2N3O3S. The first-order valence-electron chi connectivity index (χ1n) is 8.89. The quantitative estimate of drug-likeness (QED) is 0.612. The number of hydrogen-bond acceptors (Lipinski definition) is 5. The first-order chi connectivity index (χ1) is 13.5. The van der Waals surface area contributed by atoms with Gasteiger partial charge in [0.05, 0.1) is 10.6 Å². The lowest BCUT2D eigenvalue weighted by Gasteiger charge is -2.15. The van der Waals surface area contributed by atoms with Crippen LogP contribution >= 0.6 is 24.8 Å². The topological polar surface area (TPSA) is 98.6 Å². The van der Waals surface area contributed by atoms with E-state index < -0.39 is 10.0 Å². The molecule has 0 radical (unpaired) electrons. The van der Waals surface area contributed by atoms with Crippen molar-refractivity contribution in [3.63, 3.8) is 0 Å². The maximum atomic E-state index is 11.4. The zero-order valence-electron chi connectivity index (χ0n) is 15.9. The van der Waals surface area contributed by atoms with E-state index >= 15 is 0 Å². The van der Waals surface area contributed by atoms with Crippen molar-refractivity contribution < 1.29 is 12.8 Å². The molecule has 1 aliphatic rings. The highest BCUT2D eigenvalue weighted by atomic mass is 35.5. The van der Waals surface area contributed by atoms with Crippen LogP contribution in [0, 0.1) is 0 Å². The smallest absolute Gasteiger partial charge is 0.238 e. The van der Waals surface area contributed by atoms with Gasteiger partial charge in [-0.05, 0) is 73.0 Å². The van der Waals surface area contributed by atoms with Crippen molar-refractivity contribution in [2.75, 3.05) is 6.54 Å². The zero-order valence-corrected chi connectivity index (χ0v) is 18.3. The van der Waals surface area contributed by atoms with Crippen molar-refractivity contribution in [2.45, 2.75) is 17.7 Å². The van der Waals surface area contributed by atoms with E-state index in [4.69, 9.17) is 9.56 Å². The molecule has 0 bridgehead atoms. The fraction of sp³-hybridized carbons (Fsp3) is 0.143. The number of allylic oxidation sites excluding steroid dienone is 1. The van der Waals surface area contributed by atoms with E-state index in [-0.39, 0.29) is 29.7 Å². The maximum Gasteiger partial charge on any atom is 0.238 e. The Hall–Kier alpha value is -2.45. The minimum Gasteiger partial charge on any atom is -0.457 e. The Morgan fingerprint density at radius 1 is 1.00 bits per heavy atom. The number of hydrogen-bond donors (Lipinski definition) is 1. The number of pyridine rings is 1. The van der Waals surface area contributed by atoms with Gasteiger partial charge in [-0.15, -0.1) is 24.8 Å². The monoisotopic (exact) mass is 465 g/mol. The van der Waals surface area contributed by atoms with Crippen LogP contribution in [0.5, 0.6) is 0 Å². The number of primary sulfonamides is 1. The Balaban J connectivity index is 0.00000160. The van der Waals surface area contributed by atoms with Crippen molar-refractivity contribution >= 4 is 46.6 Å². The number of furan rings is 1. The summed E-state index contributed by atoms with van der Waals surface area (Å²) in [6.07, 6.45) is 7.49. The highest BCUT2D eigenvalue weighted by molar-refractivity contribution is 7.89. The molecular weight excluding hydrogens is 445 g/mol. The SMILES string of the molecule is Cl.Cl.NS(=O)(=O)c1ccc(-c2ccc(/C=C3\CCCN=C3c3cccnc3)o2)cc1. The molecule has 0 aliphatic carbocycles. The van der Waals surface area contributed by atoms with Crippen LogP contribution in [-0.4, -0.2) is 25.7 Å². The van der Waals surface area contributed by atoms with Gasteiger partial charge in [-0.3, -0.25) is 9.98 Å². The van der Waals surface area contributed by atoms with E-state index in [1.807, 2.05) is 36.5 Å². The van der Waals surface area contributed by atoms with Crippen LogP contribution in [0.15, 0.2) is 80.8 Å². The first-order valence-corrected chi connectivity index (χ1v) is 10.4. The van der Waals surface area contributed by atoms with Crippen LogP contribution in [0.4, 0.5) is 0 Å². The summed E-state index contributed by atoms with van der Waals surface area (Å²) >= 11 is 0. The summed E-state index contributed by atoms with van der Waals surface area (Å²) in [4.78, 5) is 8.93. The summed E-state index contributed by atoms with van der Waals surface area (Å²) in [5.74, 6) is 1.38. The summed E-state index contributed by atoms with van der Waals surface area (Å²) in [5, 5.41) is 5.14. The molecule has 1 aromatic carbocycles. The molecule has 3 aromatic rings. The predicted molar refractivity (Wildman–Crippen MR) is 123 cm³/mol. The van der Waals surface area contributed by atoms with E-state index in [1.54, 1.807) is 18.3 Å². The minimum absolute atomic E-state index is 0. The molecule has 0 saturated heterocycles. The Kier molecular flexibility index (Phi) is 7.97. The molecule has 0 saturated carbocycles. The highest BCUT2D eigenvalue weighted by Gasteiger charge is 2.15. The number of halogens is 2. The summed E-state index contributed by atoms with van der Waals surface area (Å²) in [5.41, 5.74) is 3.85. The molecule has 0 spiro atoms. The van der Waals surface area contributed by atoms with E-state index in [1.165, 1.54) is 12.1 Å². The van der Waals surface area contributed by atoms with Crippen molar-refractivity contribution in [2.24, 2.45) is 10.1 Å². The van der Waals surface area contributed by atoms with Gasteiger partial charge in [0.25, 0.3) is 0 Å². The molecule has 2 N–H and O–H groups in total. The number of aliphatic imine (C=N–C) groups is 1. The third-order valence-electron chi connectivity index (χ3n) is 4.52. The molecule has 158 valence electrons. The molecule has 0 atom stereocenters. The largest absolute Gasteiger partial charge is 0.457 e. The van der Waals surface area contributed by atoms with Gasteiger partial charge < -0.3 is 4.42 Å². The number of aromatic nitrogens is 1. The van der Waals surface area contributed by atoms with Gasteiger partial charge >= 0.3 is 0 Å². The molecule has 6 nitrogen and oxygen atoms in total. The minimum atomic E-state index is -3.71. The third-order valence-corrected chi connectivity index (χ3v) is 5.45. The van der Waals surface area contributed by atoms with Gasteiger partial charge in [-0.25, -0.2) is 13.6 Å². The standard InChI is InChI=1S/C21H19N3O3S.2ClH/c22-28(25,26)19-8-5-15(6-9-19)20-10-7-18(27-20)13-16-3-2-12-24-21(16)17-4-1-11-23-14-17;;/h1,4-11,13-14H,2-3,12H2,(H2,22,25,26);2*1H/b16-13+;;. The Bertz CT molecular complexity index is 1160. The zero-order chi connectivity index (χ0) is 19.6. The molecule has 1 aliphatic heterocycles. The lowest BCUT2D eigenvalue weighted by Crippen LogP contribution is -2.11. The highest BCUT2D eigenvalue weighted by Crippen LogP contribution is 2.27. The van der Waals surface area contributed by atoms with E-state index in [0.29, 0.717) is 5.76 Å². The number of nitrogens with two attached hydrogens (primary N) is 1. The van der Waals surface area contributed by atoms with Gasteiger partial charge in [0.2, 0.25) is 10.0 Å². The van der Waals surface area contributed by atoms with Gasteiger partial charge in [-0.1, -0.05) is 0 Å². The Morgan fingerprint density at radius 2 is 1.77 bits per heavy atom. The lowest BCUT2D eigenvalue weighted by atomic mass is 9.96. The van der Waals surface area contributed by atoms with Gasteiger partial charge in [0.1, 0.15) is 11.5 Å². The average Bonchev–Trinajstić information content (AvgIpc) is 3.17. The molecule has 3 heterocycles. The second-order valence-corrected chi connectivity index (χ2v) is 8.08. The molecule has 2 aromatic heterocycles. The molecule has 9 heteroatoms. The maximum absolute atomic E-state index is 11.4. The second kappa shape index (κ2) is 10.0.